The van der Waals surface area contributed by atoms with Gasteiger partial charge in [-0.3, -0.25) is 0 Å². The molecule has 1 N–H and O–H groups in total. The maximum Gasteiger partial charge on any atom is 0.335 e. The molecular weight excluding hydrogens is 232 g/mol. The zero-order valence-corrected chi connectivity index (χ0v) is 10.6. The molecule has 0 radical (unpaired) electrons. The summed E-state index contributed by atoms with van der Waals surface area (Å²) in [6, 6.07) is 6.63. The fraction of sp³-hybridized carbons (Fsp3) is 0.500. The Morgan fingerprint density at radius 3 is 2.56 bits per heavy atom. The van der Waals surface area contributed by atoms with Crippen LogP contribution in [0, 0.1) is 5.92 Å². The van der Waals surface area contributed by atoms with E-state index in [0.29, 0.717) is 12.5 Å². The molecule has 98 valence electrons. The largest absolute Gasteiger partial charge is 0.478 e. The topological polar surface area (TPSA) is 55.8 Å². The highest BCUT2D eigenvalue weighted by Crippen LogP contribution is 2.30. The van der Waals surface area contributed by atoms with E-state index in [1.165, 1.54) is 0 Å². The molecule has 0 aromatic heterocycles. The Morgan fingerprint density at radius 1 is 1.39 bits per heavy atom. The van der Waals surface area contributed by atoms with Crippen LogP contribution in [0.4, 0.5) is 0 Å². The van der Waals surface area contributed by atoms with Crippen molar-refractivity contribution in [1.82, 2.24) is 0 Å². The van der Waals surface area contributed by atoms with E-state index in [0.717, 1.165) is 12.0 Å². The van der Waals surface area contributed by atoms with Crippen LogP contribution in [0.15, 0.2) is 24.3 Å². The Labute approximate surface area is 107 Å². The van der Waals surface area contributed by atoms with Crippen LogP contribution in [-0.4, -0.2) is 23.8 Å². The standard InChI is InChI=1S/C14H18O4/c1-3-10-8-17-14(18-9(10)2)12-6-4-11(5-7-12)13(15)16/h4-7,9-10,14H,3,8H2,1-2H3,(H,15,16). The maximum atomic E-state index is 10.8. The first-order chi connectivity index (χ1) is 8.61. The number of rotatable bonds is 3. The summed E-state index contributed by atoms with van der Waals surface area (Å²) in [7, 11) is 0. The zero-order chi connectivity index (χ0) is 13.1. The first-order valence-electron chi connectivity index (χ1n) is 6.22. The molecule has 0 saturated carbocycles. The third kappa shape index (κ3) is 2.71. The molecule has 1 fully saturated rings. The van der Waals surface area contributed by atoms with E-state index in [4.69, 9.17) is 14.6 Å². The summed E-state index contributed by atoms with van der Waals surface area (Å²) < 4.78 is 11.5. The van der Waals surface area contributed by atoms with Crippen molar-refractivity contribution in [3.05, 3.63) is 35.4 Å². The van der Waals surface area contributed by atoms with Crippen LogP contribution < -0.4 is 0 Å². The number of benzene rings is 1. The zero-order valence-electron chi connectivity index (χ0n) is 10.6. The summed E-state index contributed by atoms with van der Waals surface area (Å²) in [5.74, 6) is -0.494. The fourth-order valence-electron chi connectivity index (χ4n) is 2.10. The number of carboxylic acid groups (broad SMARTS) is 1. The molecule has 3 atom stereocenters. The molecule has 3 unspecified atom stereocenters. The molecule has 0 spiro atoms. The van der Waals surface area contributed by atoms with Gasteiger partial charge >= 0.3 is 5.97 Å². The quantitative estimate of drug-likeness (QED) is 0.896. The summed E-state index contributed by atoms with van der Waals surface area (Å²) in [5, 5.41) is 8.83. The number of carboxylic acids is 1. The minimum Gasteiger partial charge on any atom is -0.478 e. The first-order valence-corrected chi connectivity index (χ1v) is 6.22. The Hall–Kier alpha value is -1.39. The second-order valence-electron chi connectivity index (χ2n) is 4.60. The van der Waals surface area contributed by atoms with Crippen molar-refractivity contribution in [2.45, 2.75) is 32.7 Å². The smallest absolute Gasteiger partial charge is 0.335 e. The number of hydrogen-bond donors (Lipinski definition) is 1. The van der Waals surface area contributed by atoms with Crippen molar-refractivity contribution < 1.29 is 19.4 Å². The van der Waals surface area contributed by atoms with Crippen molar-refractivity contribution in [2.24, 2.45) is 5.92 Å². The Bertz CT molecular complexity index is 412. The van der Waals surface area contributed by atoms with Crippen molar-refractivity contribution >= 4 is 5.97 Å². The summed E-state index contributed by atoms with van der Waals surface area (Å²) >= 11 is 0. The van der Waals surface area contributed by atoms with Crippen molar-refractivity contribution in [2.75, 3.05) is 6.61 Å². The van der Waals surface area contributed by atoms with Gasteiger partial charge in [0.2, 0.25) is 0 Å². The third-order valence-corrected chi connectivity index (χ3v) is 3.42. The van der Waals surface area contributed by atoms with Gasteiger partial charge in [-0.2, -0.15) is 0 Å². The van der Waals surface area contributed by atoms with Crippen molar-refractivity contribution in [3.8, 4) is 0 Å². The molecule has 0 aliphatic carbocycles. The third-order valence-electron chi connectivity index (χ3n) is 3.42. The predicted molar refractivity (Wildman–Crippen MR) is 66.4 cm³/mol. The first kappa shape index (κ1) is 13.1. The lowest BCUT2D eigenvalue weighted by Crippen LogP contribution is -2.33. The molecule has 2 rings (SSSR count). The Morgan fingerprint density at radius 2 is 2.06 bits per heavy atom. The van der Waals surface area contributed by atoms with Crippen LogP contribution >= 0.6 is 0 Å². The van der Waals surface area contributed by atoms with Gasteiger partial charge in [-0.05, 0) is 25.5 Å². The van der Waals surface area contributed by atoms with Crippen molar-refractivity contribution in [1.29, 1.82) is 0 Å². The van der Waals surface area contributed by atoms with Gasteiger partial charge < -0.3 is 14.6 Å². The molecule has 4 heteroatoms. The average molecular weight is 250 g/mol. The predicted octanol–water partition coefficient (Wildman–Crippen LogP) is 2.84. The monoisotopic (exact) mass is 250 g/mol. The van der Waals surface area contributed by atoms with E-state index in [1.54, 1.807) is 24.3 Å². The van der Waals surface area contributed by atoms with Crippen LogP contribution in [0.5, 0.6) is 0 Å². The molecular formula is C14H18O4. The van der Waals surface area contributed by atoms with Crippen LogP contribution in [0.1, 0.15) is 42.5 Å². The van der Waals surface area contributed by atoms with E-state index < -0.39 is 5.97 Å². The molecule has 1 aromatic rings. The molecule has 0 bridgehead atoms. The molecule has 18 heavy (non-hydrogen) atoms. The van der Waals surface area contributed by atoms with Crippen LogP contribution in [-0.2, 0) is 9.47 Å². The minimum absolute atomic E-state index is 0.160. The lowest BCUT2D eigenvalue weighted by atomic mass is 10.0. The van der Waals surface area contributed by atoms with Gasteiger partial charge in [-0.1, -0.05) is 19.1 Å². The molecule has 1 aromatic carbocycles. The SMILES string of the molecule is CCC1COC(c2ccc(C(=O)O)cc2)OC1C. The molecule has 1 aliphatic rings. The van der Waals surface area contributed by atoms with Gasteiger partial charge in [0.25, 0.3) is 0 Å². The Balaban J connectivity index is 2.06. The van der Waals surface area contributed by atoms with E-state index in [-0.39, 0.29) is 18.0 Å². The van der Waals surface area contributed by atoms with Gasteiger partial charge in [0.1, 0.15) is 0 Å². The van der Waals surface area contributed by atoms with Gasteiger partial charge in [-0.15, -0.1) is 0 Å². The summed E-state index contributed by atoms with van der Waals surface area (Å²) in [4.78, 5) is 10.8. The summed E-state index contributed by atoms with van der Waals surface area (Å²) in [6.07, 6.45) is 0.810. The highest BCUT2D eigenvalue weighted by atomic mass is 16.7. The molecule has 4 nitrogen and oxygen atoms in total. The number of ether oxygens (including phenoxy) is 2. The van der Waals surface area contributed by atoms with Crippen molar-refractivity contribution in [3.63, 3.8) is 0 Å². The number of aromatic carboxylic acids is 1. The minimum atomic E-state index is -0.925. The van der Waals surface area contributed by atoms with Gasteiger partial charge in [0, 0.05) is 11.5 Å². The maximum absolute atomic E-state index is 10.8. The van der Waals surface area contributed by atoms with Crippen LogP contribution in [0.3, 0.4) is 0 Å². The molecule has 1 heterocycles. The van der Waals surface area contributed by atoms with Gasteiger partial charge in [0.15, 0.2) is 6.29 Å². The van der Waals surface area contributed by atoms with Gasteiger partial charge in [0.05, 0.1) is 18.3 Å². The normalized spacial score (nSPS) is 28.0. The number of carbonyl (C=O) groups is 1. The fourth-order valence-corrected chi connectivity index (χ4v) is 2.10. The second kappa shape index (κ2) is 5.50. The highest BCUT2D eigenvalue weighted by molar-refractivity contribution is 5.87. The molecule has 1 aliphatic heterocycles. The molecule has 0 amide bonds. The van der Waals surface area contributed by atoms with E-state index in [1.807, 2.05) is 0 Å². The van der Waals surface area contributed by atoms with E-state index >= 15 is 0 Å². The van der Waals surface area contributed by atoms with E-state index in [9.17, 15) is 4.79 Å². The second-order valence-corrected chi connectivity index (χ2v) is 4.60. The lowest BCUT2D eigenvalue weighted by molar-refractivity contribution is -0.236. The number of hydrogen-bond acceptors (Lipinski definition) is 3. The van der Waals surface area contributed by atoms with Crippen LogP contribution in [0.2, 0.25) is 0 Å². The van der Waals surface area contributed by atoms with E-state index in [2.05, 4.69) is 13.8 Å². The summed E-state index contributed by atoms with van der Waals surface area (Å²) in [5.41, 5.74) is 1.13. The average Bonchev–Trinajstić information content (AvgIpc) is 2.38. The van der Waals surface area contributed by atoms with Gasteiger partial charge in [-0.25, -0.2) is 4.79 Å². The Kier molecular flexibility index (Phi) is 3.99. The molecule has 1 saturated heterocycles. The summed E-state index contributed by atoms with van der Waals surface area (Å²) in [6.45, 7) is 4.86. The highest BCUT2D eigenvalue weighted by Gasteiger charge is 2.28. The van der Waals surface area contributed by atoms with Crippen LogP contribution in [0.25, 0.3) is 0 Å². The lowest BCUT2D eigenvalue weighted by Gasteiger charge is -2.34.